The summed E-state index contributed by atoms with van der Waals surface area (Å²) in [5, 5.41) is 13.7. The van der Waals surface area contributed by atoms with Crippen molar-refractivity contribution in [3.05, 3.63) is 230 Å². The summed E-state index contributed by atoms with van der Waals surface area (Å²) in [7, 11) is 0. The van der Waals surface area contributed by atoms with Crippen LogP contribution in [0.2, 0.25) is 0 Å². The molecule has 8 aromatic carbocycles. The van der Waals surface area contributed by atoms with Crippen molar-refractivity contribution in [2.24, 2.45) is 0 Å². The molecule has 12 aromatic rings. The van der Waals surface area contributed by atoms with Crippen molar-refractivity contribution < 1.29 is 13.2 Å². The molecule has 0 saturated heterocycles. The van der Waals surface area contributed by atoms with Gasteiger partial charge in [0.2, 0.25) is 0 Å². The zero-order chi connectivity index (χ0) is 45.9. The lowest BCUT2D eigenvalue weighted by Crippen LogP contribution is -2.11. The number of pyridine rings is 2. The van der Waals surface area contributed by atoms with Gasteiger partial charge in [0.15, 0.2) is 0 Å². The number of nitriles is 1. The van der Waals surface area contributed by atoms with Crippen LogP contribution in [0.4, 0.5) is 13.2 Å². The van der Waals surface area contributed by atoms with Gasteiger partial charge in [-0.15, -0.1) is 0 Å². The van der Waals surface area contributed by atoms with Gasteiger partial charge in [0.1, 0.15) is 0 Å². The summed E-state index contributed by atoms with van der Waals surface area (Å²) < 4.78 is 51.0. The molecule has 0 fully saturated rings. The van der Waals surface area contributed by atoms with E-state index in [1.165, 1.54) is 12.1 Å². The largest absolute Gasteiger partial charge is 0.416 e. The van der Waals surface area contributed by atoms with Gasteiger partial charge in [-0.05, 0) is 89.5 Å². The third-order valence-electron chi connectivity index (χ3n) is 12.9. The molecule has 0 radical (unpaired) electrons. The van der Waals surface area contributed by atoms with Gasteiger partial charge in [-0.2, -0.15) is 18.4 Å². The van der Waals surface area contributed by atoms with Crippen LogP contribution in [0.5, 0.6) is 0 Å². The van der Waals surface area contributed by atoms with Crippen LogP contribution < -0.4 is 0 Å². The molecule has 68 heavy (non-hydrogen) atoms. The number of halogens is 3. The maximum Gasteiger partial charge on any atom is 0.416 e. The number of para-hydroxylation sites is 2. The summed E-state index contributed by atoms with van der Waals surface area (Å²) in [6.45, 7) is 0. The predicted octanol–water partition coefficient (Wildman–Crippen LogP) is 15.9. The van der Waals surface area contributed by atoms with Gasteiger partial charge in [0, 0.05) is 61.8 Å². The zero-order valence-corrected chi connectivity index (χ0v) is 36.2. The van der Waals surface area contributed by atoms with Crippen LogP contribution in [0.3, 0.4) is 0 Å². The normalized spacial score (nSPS) is 11.7. The van der Waals surface area contributed by atoms with E-state index in [1.54, 1.807) is 30.6 Å². The Morgan fingerprint density at radius 2 is 0.853 bits per heavy atom. The van der Waals surface area contributed by atoms with E-state index in [4.69, 9.17) is 9.97 Å². The number of hydrogen-bond donors (Lipinski definition) is 0. The van der Waals surface area contributed by atoms with Gasteiger partial charge in [0.25, 0.3) is 0 Å². The molecule has 0 saturated carbocycles. The smallest absolute Gasteiger partial charge is 0.309 e. The lowest BCUT2D eigenvalue weighted by atomic mass is 9.96. The third kappa shape index (κ3) is 6.71. The topological polar surface area (TPSA) is 59.4 Å². The average molecular weight is 884 g/mol. The van der Waals surface area contributed by atoms with E-state index in [2.05, 4.69) is 18.2 Å². The van der Waals surface area contributed by atoms with E-state index in [0.717, 1.165) is 88.4 Å². The highest BCUT2D eigenvalue weighted by molar-refractivity contribution is 6.13. The molecular formula is C60H36F3N5. The summed E-state index contributed by atoms with van der Waals surface area (Å²) in [6.07, 6.45) is -1.16. The van der Waals surface area contributed by atoms with E-state index in [9.17, 15) is 5.26 Å². The minimum absolute atomic E-state index is 0.320. The van der Waals surface area contributed by atoms with Crippen LogP contribution in [-0.4, -0.2) is 19.1 Å². The highest BCUT2D eigenvalue weighted by Crippen LogP contribution is 2.47. The van der Waals surface area contributed by atoms with Crippen LogP contribution >= 0.6 is 0 Å². The lowest BCUT2D eigenvalue weighted by Gasteiger charge is -2.23. The van der Waals surface area contributed by atoms with Crippen molar-refractivity contribution in [3.63, 3.8) is 0 Å². The second kappa shape index (κ2) is 16.1. The molecule has 0 spiro atoms. The maximum atomic E-state index is 15.7. The van der Waals surface area contributed by atoms with E-state index < -0.39 is 11.7 Å². The van der Waals surface area contributed by atoms with E-state index in [1.807, 2.05) is 173 Å². The Morgan fingerprint density at radius 1 is 0.397 bits per heavy atom. The van der Waals surface area contributed by atoms with Gasteiger partial charge in [-0.3, -0.25) is 9.97 Å². The van der Waals surface area contributed by atoms with Gasteiger partial charge in [-0.1, -0.05) is 133 Å². The summed E-state index contributed by atoms with van der Waals surface area (Å²) in [5.74, 6) is 0. The molecule has 4 aromatic heterocycles. The van der Waals surface area contributed by atoms with Crippen LogP contribution in [0.25, 0.3) is 111 Å². The van der Waals surface area contributed by atoms with E-state index in [0.29, 0.717) is 28.1 Å². The monoisotopic (exact) mass is 883 g/mol. The van der Waals surface area contributed by atoms with Crippen molar-refractivity contribution in [1.29, 1.82) is 5.26 Å². The summed E-state index contributed by atoms with van der Waals surface area (Å²) in [5.41, 5.74) is 11.6. The first-order valence-corrected chi connectivity index (χ1v) is 22.2. The Bertz CT molecular complexity index is 3750. The minimum atomic E-state index is -4.73. The minimum Gasteiger partial charge on any atom is -0.309 e. The lowest BCUT2D eigenvalue weighted by molar-refractivity contribution is -0.137. The number of benzene rings is 8. The molecule has 5 nitrogen and oxygen atoms in total. The molecule has 0 atom stereocenters. The fraction of sp³-hybridized carbons (Fsp3) is 0.0167. The molecule has 4 heterocycles. The number of nitrogens with zero attached hydrogens (tertiary/aromatic N) is 5. The molecule has 0 aliphatic heterocycles. The summed E-state index contributed by atoms with van der Waals surface area (Å²) in [6, 6.07) is 67.7. The van der Waals surface area contributed by atoms with Crippen molar-refractivity contribution in [2.45, 2.75) is 6.18 Å². The van der Waals surface area contributed by atoms with E-state index in [-0.39, 0.29) is 0 Å². The van der Waals surface area contributed by atoms with Crippen LogP contribution in [0.15, 0.2) is 219 Å². The molecule has 0 bridgehead atoms. The van der Waals surface area contributed by atoms with Crippen molar-refractivity contribution in [3.8, 4) is 73.3 Å². The Balaban J connectivity index is 1.16. The van der Waals surface area contributed by atoms with Gasteiger partial charge in [0.05, 0.1) is 62.0 Å². The molecule has 8 heteroatoms. The van der Waals surface area contributed by atoms with Crippen molar-refractivity contribution in [1.82, 2.24) is 19.1 Å². The highest BCUT2D eigenvalue weighted by atomic mass is 19.4. The Morgan fingerprint density at radius 3 is 1.34 bits per heavy atom. The van der Waals surface area contributed by atoms with Gasteiger partial charge < -0.3 is 9.13 Å². The van der Waals surface area contributed by atoms with Crippen molar-refractivity contribution in [2.75, 3.05) is 0 Å². The fourth-order valence-corrected chi connectivity index (χ4v) is 9.90. The maximum absolute atomic E-state index is 15.7. The molecule has 0 N–H and O–H groups in total. The molecule has 12 rings (SSSR count). The number of rotatable bonds is 7. The molecule has 0 aliphatic rings. The van der Waals surface area contributed by atoms with Gasteiger partial charge >= 0.3 is 6.18 Å². The zero-order valence-electron chi connectivity index (χ0n) is 36.2. The van der Waals surface area contributed by atoms with Crippen molar-refractivity contribution >= 4 is 43.6 Å². The molecule has 0 unspecified atom stereocenters. The summed E-state index contributed by atoms with van der Waals surface area (Å²) >= 11 is 0. The number of alkyl halides is 3. The highest BCUT2D eigenvalue weighted by Gasteiger charge is 2.34. The molecular weight excluding hydrogens is 848 g/mol. The van der Waals surface area contributed by atoms with Crippen LogP contribution in [-0.2, 0) is 6.18 Å². The first kappa shape index (κ1) is 40.4. The Kier molecular flexibility index (Phi) is 9.59. The number of hydrogen-bond acceptors (Lipinski definition) is 3. The number of aromatic nitrogens is 4. The first-order chi connectivity index (χ1) is 33.3. The van der Waals surface area contributed by atoms with Crippen LogP contribution in [0.1, 0.15) is 11.1 Å². The molecule has 0 aliphatic carbocycles. The first-order valence-electron chi connectivity index (χ1n) is 22.2. The fourth-order valence-electron chi connectivity index (χ4n) is 9.90. The predicted molar refractivity (Wildman–Crippen MR) is 268 cm³/mol. The summed E-state index contributed by atoms with van der Waals surface area (Å²) in [4.78, 5) is 9.57. The third-order valence-corrected chi connectivity index (χ3v) is 12.9. The average Bonchev–Trinajstić information content (AvgIpc) is 3.90. The van der Waals surface area contributed by atoms with E-state index >= 15 is 13.2 Å². The quantitative estimate of drug-likeness (QED) is 0.160. The number of fused-ring (bicyclic) bond motifs is 6. The molecule has 0 amide bonds. The molecule has 322 valence electrons. The SMILES string of the molecule is N#Cc1cccc(-c2c(-n3c4ccccc4c4cc(-c5cccnc5-c5ccccc5)ccc43)cc(C(F)(F)F)cc2-n2c3ccccc3c3cc(-c4cccnc4-c4ccccc4)ccc32)c1. The Hall–Kier alpha value is -9.06. The Labute approximate surface area is 388 Å². The second-order valence-electron chi connectivity index (χ2n) is 16.8. The van der Waals surface area contributed by atoms with Crippen LogP contribution in [0, 0.1) is 11.3 Å². The second-order valence-corrected chi connectivity index (χ2v) is 16.8. The standard InChI is InChI=1S/C60H36F3N5/c61-60(62,63)44-35-55(67-51-24-9-7-20-47(51)49-33-41(26-28-53(49)67)45-22-12-30-65-58(45)39-15-3-1-4-16-39)57(43-19-11-14-38(32-43)37-64)56(36-44)68-52-25-10-8-21-48(52)50-34-42(27-29-54(50)68)46-23-13-31-66-59(46)40-17-5-2-6-18-40/h1-36H. The van der Waals surface area contributed by atoms with Gasteiger partial charge in [-0.25, -0.2) is 0 Å².